The van der Waals surface area contributed by atoms with E-state index < -0.39 is 4.92 Å². The summed E-state index contributed by atoms with van der Waals surface area (Å²) < 4.78 is 0. The van der Waals surface area contributed by atoms with E-state index in [2.05, 4.69) is 5.32 Å². The van der Waals surface area contributed by atoms with Crippen LogP contribution in [0.3, 0.4) is 0 Å². The van der Waals surface area contributed by atoms with Crippen LogP contribution in [0, 0.1) is 16.0 Å². The van der Waals surface area contributed by atoms with Gasteiger partial charge in [-0.25, -0.2) is 0 Å². The van der Waals surface area contributed by atoms with Gasteiger partial charge in [0, 0.05) is 32.3 Å². The SMILES string of the molecule is CC(C)CC(NCc1ccccc1[N+](=O)[O-])C(=O)N(C)C. The average molecular weight is 293 g/mol. The molecule has 0 saturated carbocycles. The number of nitrogens with one attached hydrogen (secondary N) is 1. The van der Waals surface area contributed by atoms with Crippen LogP contribution in [0.5, 0.6) is 0 Å². The number of para-hydroxylation sites is 1. The van der Waals surface area contributed by atoms with Crippen LogP contribution in [0.25, 0.3) is 0 Å². The van der Waals surface area contributed by atoms with E-state index in [1.54, 1.807) is 37.2 Å². The van der Waals surface area contributed by atoms with Gasteiger partial charge >= 0.3 is 0 Å². The normalized spacial score (nSPS) is 12.2. The number of nitro groups is 1. The highest BCUT2D eigenvalue weighted by molar-refractivity contribution is 5.81. The van der Waals surface area contributed by atoms with Crippen molar-refractivity contribution in [1.29, 1.82) is 0 Å². The number of amides is 1. The van der Waals surface area contributed by atoms with Gasteiger partial charge in [-0.2, -0.15) is 0 Å². The van der Waals surface area contributed by atoms with E-state index >= 15 is 0 Å². The molecule has 1 N–H and O–H groups in total. The zero-order valence-electron chi connectivity index (χ0n) is 13.0. The van der Waals surface area contributed by atoms with Crippen LogP contribution < -0.4 is 5.32 Å². The van der Waals surface area contributed by atoms with Gasteiger partial charge in [0.05, 0.1) is 11.0 Å². The summed E-state index contributed by atoms with van der Waals surface area (Å²) in [6, 6.07) is 6.24. The van der Waals surface area contributed by atoms with Crippen molar-refractivity contribution < 1.29 is 9.72 Å². The summed E-state index contributed by atoms with van der Waals surface area (Å²) in [5, 5.41) is 14.1. The molecule has 0 radical (unpaired) electrons. The van der Waals surface area contributed by atoms with Gasteiger partial charge in [-0.15, -0.1) is 0 Å². The molecule has 0 spiro atoms. The lowest BCUT2D eigenvalue weighted by molar-refractivity contribution is -0.385. The second-order valence-electron chi connectivity index (χ2n) is 5.68. The van der Waals surface area contributed by atoms with Crippen molar-refractivity contribution in [1.82, 2.24) is 10.2 Å². The first kappa shape index (κ1) is 17.1. The minimum Gasteiger partial charge on any atom is -0.347 e. The lowest BCUT2D eigenvalue weighted by atomic mass is 10.0. The zero-order chi connectivity index (χ0) is 16.0. The van der Waals surface area contributed by atoms with Crippen LogP contribution >= 0.6 is 0 Å². The minimum absolute atomic E-state index is 0.0118. The maximum Gasteiger partial charge on any atom is 0.273 e. The summed E-state index contributed by atoms with van der Waals surface area (Å²) in [5.74, 6) is 0.347. The third kappa shape index (κ3) is 5.15. The van der Waals surface area contributed by atoms with Crippen molar-refractivity contribution >= 4 is 11.6 Å². The van der Waals surface area contributed by atoms with Crippen LogP contribution in [-0.4, -0.2) is 35.9 Å². The van der Waals surface area contributed by atoms with Gasteiger partial charge in [0.1, 0.15) is 0 Å². The molecule has 0 aromatic heterocycles. The van der Waals surface area contributed by atoms with Gasteiger partial charge < -0.3 is 10.2 Å². The first-order valence-corrected chi connectivity index (χ1v) is 6.99. The highest BCUT2D eigenvalue weighted by Gasteiger charge is 2.22. The summed E-state index contributed by atoms with van der Waals surface area (Å²) in [5.41, 5.74) is 0.661. The molecule has 0 aliphatic carbocycles. The second kappa shape index (κ2) is 7.73. The number of nitrogens with zero attached hydrogens (tertiary/aromatic N) is 2. The molecule has 21 heavy (non-hydrogen) atoms. The zero-order valence-corrected chi connectivity index (χ0v) is 13.0. The fourth-order valence-corrected chi connectivity index (χ4v) is 2.13. The Balaban J connectivity index is 2.82. The molecule has 0 heterocycles. The number of nitro benzene ring substituents is 1. The summed E-state index contributed by atoms with van der Waals surface area (Å²) in [4.78, 5) is 24.3. The van der Waals surface area contributed by atoms with Gasteiger partial charge in [-0.05, 0) is 12.3 Å². The van der Waals surface area contributed by atoms with Gasteiger partial charge in [0.25, 0.3) is 5.69 Å². The molecule has 0 aliphatic rings. The maximum atomic E-state index is 12.1. The molecule has 0 aliphatic heterocycles. The predicted octanol–water partition coefficient (Wildman–Crippen LogP) is 2.19. The van der Waals surface area contributed by atoms with Crippen molar-refractivity contribution in [3.05, 3.63) is 39.9 Å². The quantitative estimate of drug-likeness (QED) is 0.617. The first-order valence-electron chi connectivity index (χ1n) is 6.99. The monoisotopic (exact) mass is 293 g/mol. The number of carbonyl (C=O) groups is 1. The number of hydrogen-bond donors (Lipinski definition) is 1. The molecule has 0 fully saturated rings. The Labute approximate surface area is 125 Å². The molecule has 1 rings (SSSR count). The predicted molar refractivity (Wildman–Crippen MR) is 81.9 cm³/mol. The Hall–Kier alpha value is -1.95. The molecule has 1 unspecified atom stereocenters. The van der Waals surface area contributed by atoms with Crippen molar-refractivity contribution in [3.63, 3.8) is 0 Å². The smallest absolute Gasteiger partial charge is 0.273 e. The number of likely N-dealkylation sites (N-methyl/N-ethyl adjacent to an activating group) is 1. The largest absolute Gasteiger partial charge is 0.347 e. The minimum atomic E-state index is -0.401. The third-order valence-corrected chi connectivity index (χ3v) is 3.17. The number of hydrogen-bond acceptors (Lipinski definition) is 4. The van der Waals surface area contributed by atoms with E-state index in [0.717, 1.165) is 0 Å². The summed E-state index contributed by atoms with van der Waals surface area (Å²) >= 11 is 0. The molecule has 1 aromatic carbocycles. The average Bonchev–Trinajstić information content (AvgIpc) is 2.42. The lowest BCUT2D eigenvalue weighted by Crippen LogP contribution is -2.44. The van der Waals surface area contributed by atoms with Crippen molar-refractivity contribution in [2.45, 2.75) is 32.9 Å². The van der Waals surface area contributed by atoms with Crippen LogP contribution in [-0.2, 0) is 11.3 Å². The summed E-state index contributed by atoms with van der Waals surface area (Å²) in [7, 11) is 3.42. The maximum absolute atomic E-state index is 12.1. The molecule has 0 bridgehead atoms. The molecule has 0 saturated heterocycles. The van der Waals surface area contributed by atoms with Crippen LogP contribution in [0.1, 0.15) is 25.8 Å². The molecular formula is C15H23N3O3. The Kier molecular flexibility index (Phi) is 6.30. The van der Waals surface area contributed by atoms with Crippen LogP contribution in [0.4, 0.5) is 5.69 Å². The fraction of sp³-hybridized carbons (Fsp3) is 0.533. The van der Waals surface area contributed by atoms with E-state index in [-0.39, 0.29) is 17.6 Å². The topological polar surface area (TPSA) is 75.5 Å². The highest BCUT2D eigenvalue weighted by atomic mass is 16.6. The number of rotatable bonds is 7. The fourth-order valence-electron chi connectivity index (χ4n) is 2.13. The highest BCUT2D eigenvalue weighted by Crippen LogP contribution is 2.18. The van der Waals surface area contributed by atoms with Crippen LogP contribution in [0.15, 0.2) is 24.3 Å². The van der Waals surface area contributed by atoms with Gasteiger partial charge in [-0.3, -0.25) is 14.9 Å². The Bertz CT molecular complexity index is 501. The van der Waals surface area contributed by atoms with Crippen molar-refractivity contribution in [3.8, 4) is 0 Å². The van der Waals surface area contributed by atoms with Crippen molar-refractivity contribution in [2.75, 3.05) is 14.1 Å². The van der Waals surface area contributed by atoms with Gasteiger partial charge in [0.15, 0.2) is 0 Å². The van der Waals surface area contributed by atoms with Crippen molar-refractivity contribution in [2.24, 2.45) is 5.92 Å². The molecule has 1 atom stereocenters. The molecular weight excluding hydrogens is 270 g/mol. The summed E-state index contributed by atoms with van der Waals surface area (Å²) in [6.45, 7) is 4.39. The Morgan fingerprint density at radius 3 is 2.48 bits per heavy atom. The number of benzene rings is 1. The molecule has 1 amide bonds. The van der Waals surface area contributed by atoms with E-state index in [4.69, 9.17) is 0 Å². The third-order valence-electron chi connectivity index (χ3n) is 3.17. The first-order chi connectivity index (χ1) is 9.82. The van der Waals surface area contributed by atoms with E-state index in [0.29, 0.717) is 24.4 Å². The van der Waals surface area contributed by atoms with E-state index in [1.807, 2.05) is 13.8 Å². The van der Waals surface area contributed by atoms with E-state index in [1.165, 1.54) is 6.07 Å². The molecule has 6 heteroatoms. The Morgan fingerprint density at radius 1 is 1.33 bits per heavy atom. The van der Waals surface area contributed by atoms with E-state index in [9.17, 15) is 14.9 Å². The molecule has 116 valence electrons. The summed E-state index contributed by atoms with van der Waals surface area (Å²) in [6.07, 6.45) is 0.692. The standard InChI is InChI=1S/C15H23N3O3/c1-11(2)9-13(15(19)17(3)4)16-10-12-7-5-6-8-14(12)18(20)21/h5-8,11,13,16H,9-10H2,1-4H3. The molecule has 6 nitrogen and oxygen atoms in total. The molecule has 1 aromatic rings. The van der Waals surface area contributed by atoms with Gasteiger partial charge in [0.2, 0.25) is 5.91 Å². The number of carbonyl (C=O) groups excluding carboxylic acids is 1. The second-order valence-corrected chi connectivity index (χ2v) is 5.68. The van der Waals surface area contributed by atoms with Gasteiger partial charge in [-0.1, -0.05) is 32.0 Å². The lowest BCUT2D eigenvalue weighted by Gasteiger charge is -2.23. The Morgan fingerprint density at radius 2 is 1.95 bits per heavy atom. The van der Waals surface area contributed by atoms with Crippen LogP contribution in [0.2, 0.25) is 0 Å².